The van der Waals surface area contributed by atoms with Crippen LogP contribution in [-0.4, -0.2) is 25.8 Å². The van der Waals surface area contributed by atoms with Gasteiger partial charge in [-0.05, 0) is 38.5 Å². The summed E-state index contributed by atoms with van der Waals surface area (Å²) in [4.78, 5) is 0. The van der Waals surface area contributed by atoms with Gasteiger partial charge < -0.3 is 14.2 Å². The van der Waals surface area contributed by atoms with Crippen molar-refractivity contribution in [1.82, 2.24) is 0 Å². The lowest BCUT2D eigenvalue weighted by molar-refractivity contribution is -0.254. The summed E-state index contributed by atoms with van der Waals surface area (Å²) in [6, 6.07) is 0. The van der Waals surface area contributed by atoms with Crippen LogP contribution in [0.5, 0.6) is 0 Å². The predicted molar refractivity (Wildman–Crippen MR) is 52.9 cm³/mol. The molecular formula is C11H20O3. The number of rotatable bonds is 2. The Bertz CT molecular complexity index is 147. The molecule has 0 N–H and O–H groups in total. The van der Waals surface area contributed by atoms with Crippen molar-refractivity contribution in [2.45, 2.75) is 57.5 Å². The van der Waals surface area contributed by atoms with E-state index in [1.807, 2.05) is 0 Å². The van der Waals surface area contributed by atoms with Crippen molar-refractivity contribution >= 4 is 0 Å². The molecule has 14 heavy (non-hydrogen) atoms. The second-order valence-electron chi connectivity index (χ2n) is 4.08. The Labute approximate surface area is 85.7 Å². The zero-order valence-corrected chi connectivity index (χ0v) is 8.74. The molecule has 2 rings (SSSR count). The molecular weight excluding hydrogens is 180 g/mol. The molecule has 2 saturated heterocycles. The average Bonchev–Trinajstić information content (AvgIpc) is 2.48. The summed E-state index contributed by atoms with van der Waals surface area (Å²) in [6.45, 7) is 1.69. The molecule has 0 aromatic heterocycles. The maximum absolute atomic E-state index is 5.77. The molecule has 2 atom stereocenters. The summed E-state index contributed by atoms with van der Waals surface area (Å²) in [6.07, 6.45) is 8.09. The van der Waals surface area contributed by atoms with E-state index in [1.165, 1.54) is 32.1 Å². The van der Waals surface area contributed by atoms with Crippen molar-refractivity contribution in [3.63, 3.8) is 0 Å². The van der Waals surface area contributed by atoms with Gasteiger partial charge in [0.1, 0.15) is 0 Å². The zero-order chi connectivity index (χ0) is 9.64. The minimum absolute atomic E-state index is 0.00755. The molecule has 3 nitrogen and oxygen atoms in total. The van der Waals surface area contributed by atoms with Crippen LogP contribution in [0.4, 0.5) is 0 Å². The second kappa shape index (κ2) is 5.69. The lowest BCUT2D eigenvalue weighted by Gasteiger charge is -2.26. The third-order valence-electron chi connectivity index (χ3n) is 2.83. The summed E-state index contributed by atoms with van der Waals surface area (Å²) in [5.74, 6) is 0. The van der Waals surface area contributed by atoms with Crippen LogP contribution in [0.3, 0.4) is 0 Å². The smallest absolute Gasteiger partial charge is 0.160 e. The lowest BCUT2D eigenvalue weighted by Crippen LogP contribution is -2.29. The van der Waals surface area contributed by atoms with Gasteiger partial charge in [-0.2, -0.15) is 0 Å². The van der Waals surface area contributed by atoms with Crippen LogP contribution in [0.1, 0.15) is 44.9 Å². The maximum atomic E-state index is 5.77. The standard InChI is InChI=1S/C11H20O3/c1-2-6-10(12-8-4-1)14-11-7-3-5-9-13-11/h10-11H,1-9H2. The quantitative estimate of drug-likeness (QED) is 0.685. The third-order valence-corrected chi connectivity index (χ3v) is 2.83. The van der Waals surface area contributed by atoms with Gasteiger partial charge >= 0.3 is 0 Å². The van der Waals surface area contributed by atoms with Crippen molar-refractivity contribution in [2.75, 3.05) is 13.2 Å². The van der Waals surface area contributed by atoms with Gasteiger partial charge in [-0.25, -0.2) is 0 Å². The van der Waals surface area contributed by atoms with E-state index in [0.717, 1.165) is 26.1 Å². The highest BCUT2D eigenvalue weighted by molar-refractivity contribution is 4.58. The summed E-state index contributed by atoms with van der Waals surface area (Å²) < 4.78 is 16.9. The fraction of sp³-hybridized carbons (Fsp3) is 1.00. The highest BCUT2D eigenvalue weighted by atomic mass is 16.8. The van der Waals surface area contributed by atoms with Crippen molar-refractivity contribution in [1.29, 1.82) is 0 Å². The van der Waals surface area contributed by atoms with Crippen molar-refractivity contribution in [2.24, 2.45) is 0 Å². The first-order valence-corrected chi connectivity index (χ1v) is 5.84. The Morgan fingerprint density at radius 3 is 2.00 bits per heavy atom. The van der Waals surface area contributed by atoms with Crippen LogP contribution in [0.25, 0.3) is 0 Å². The molecule has 82 valence electrons. The monoisotopic (exact) mass is 200 g/mol. The fourth-order valence-electron chi connectivity index (χ4n) is 1.98. The zero-order valence-electron chi connectivity index (χ0n) is 8.74. The van der Waals surface area contributed by atoms with E-state index < -0.39 is 0 Å². The highest BCUT2D eigenvalue weighted by Crippen LogP contribution is 2.20. The predicted octanol–water partition coefficient (Wildman–Crippen LogP) is 2.45. The average molecular weight is 200 g/mol. The van der Waals surface area contributed by atoms with Crippen molar-refractivity contribution in [3.8, 4) is 0 Å². The molecule has 2 fully saturated rings. The molecule has 2 aliphatic rings. The minimum Gasteiger partial charge on any atom is -0.353 e. The van der Waals surface area contributed by atoms with E-state index in [-0.39, 0.29) is 12.6 Å². The summed E-state index contributed by atoms with van der Waals surface area (Å²) in [5.41, 5.74) is 0. The van der Waals surface area contributed by atoms with Gasteiger partial charge in [0.2, 0.25) is 0 Å². The summed E-state index contributed by atoms with van der Waals surface area (Å²) in [7, 11) is 0. The van der Waals surface area contributed by atoms with Gasteiger partial charge in [0, 0.05) is 13.2 Å². The molecule has 2 unspecified atom stereocenters. The first-order chi connectivity index (χ1) is 6.95. The number of hydrogen-bond donors (Lipinski definition) is 0. The third kappa shape index (κ3) is 3.23. The van der Waals surface area contributed by atoms with E-state index >= 15 is 0 Å². The Morgan fingerprint density at radius 1 is 0.714 bits per heavy atom. The molecule has 2 aliphatic heterocycles. The van der Waals surface area contributed by atoms with Gasteiger partial charge in [-0.15, -0.1) is 0 Å². The molecule has 0 spiro atoms. The lowest BCUT2D eigenvalue weighted by atomic mass is 10.2. The Balaban J connectivity index is 1.71. The van der Waals surface area contributed by atoms with E-state index in [1.54, 1.807) is 0 Å². The van der Waals surface area contributed by atoms with Crippen LogP contribution in [0.2, 0.25) is 0 Å². The Kier molecular flexibility index (Phi) is 4.22. The van der Waals surface area contributed by atoms with Crippen molar-refractivity contribution in [3.05, 3.63) is 0 Å². The topological polar surface area (TPSA) is 27.7 Å². The molecule has 0 aromatic carbocycles. The molecule has 0 radical (unpaired) electrons. The Morgan fingerprint density at radius 2 is 1.29 bits per heavy atom. The SMILES string of the molecule is C1CCOC(OC2CCCCO2)CC1. The maximum Gasteiger partial charge on any atom is 0.160 e. The second-order valence-corrected chi connectivity index (χ2v) is 4.08. The van der Waals surface area contributed by atoms with Crippen molar-refractivity contribution < 1.29 is 14.2 Å². The number of ether oxygens (including phenoxy) is 3. The van der Waals surface area contributed by atoms with E-state index in [4.69, 9.17) is 14.2 Å². The van der Waals surface area contributed by atoms with E-state index in [9.17, 15) is 0 Å². The molecule has 0 aromatic rings. The van der Waals surface area contributed by atoms with Gasteiger partial charge in [-0.1, -0.05) is 6.42 Å². The van der Waals surface area contributed by atoms with E-state index in [2.05, 4.69) is 0 Å². The molecule has 0 saturated carbocycles. The van der Waals surface area contributed by atoms with Gasteiger partial charge in [0.05, 0.1) is 0 Å². The largest absolute Gasteiger partial charge is 0.353 e. The normalized spacial score (nSPS) is 35.1. The number of hydrogen-bond acceptors (Lipinski definition) is 3. The molecule has 3 heteroatoms. The van der Waals surface area contributed by atoms with Gasteiger partial charge in [0.15, 0.2) is 12.6 Å². The summed E-state index contributed by atoms with van der Waals surface area (Å²) in [5, 5.41) is 0. The molecule has 0 aliphatic carbocycles. The minimum atomic E-state index is -0.0133. The van der Waals surface area contributed by atoms with Crippen LogP contribution in [0.15, 0.2) is 0 Å². The van der Waals surface area contributed by atoms with Crippen LogP contribution in [0, 0.1) is 0 Å². The first-order valence-electron chi connectivity index (χ1n) is 5.84. The summed E-state index contributed by atoms with van der Waals surface area (Å²) >= 11 is 0. The van der Waals surface area contributed by atoms with Crippen LogP contribution in [-0.2, 0) is 14.2 Å². The van der Waals surface area contributed by atoms with E-state index in [0.29, 0.717) is 0 Å². The fourth-order valence-corrected chi connectivity index (χ4v) is 1.98. The first kappa shape index (κ1) is 10.4. The molecule has 0 amide bonds. The molecule has 2 heterocycles. The molecule has 0 bridgehead atoms. The highest BCUT2D eigenvalue weighted by Gasteiger charge is 2.20. The van der Waals surface area contributed by atoms with Crippen LogP contribution < -0.4 is 0 Å². The van der Waals surface area contributed by atoms with Gasteiger partial charge in [-0.3, -0.25) is 0 Å². The van der Waals surface area contributed by atoms with Gasteiger partial charge in [0.25, 0.3) is 0 Å². The van der Waals surface area contributed by atoms with Crippen LogP contribution >= 0.6 is 0 Å². The Hall–Kier alpha value is -0.120.